The van der Waals surface area contributed by atoms with Crippen LogP contribution in [0.2, 0.25) is 0 Å². The Labute approximate surface area is 266 Å². The lowest BCUT2D eigenvalue weighted by atomic mass is 9.96. The summed E-state index contributed by atoms with van der Waals surface area (Å²) < 4.78 is 31.7. The molecule has 20 heteroatoms. The molecule has 0 bridgehead atoms. The fraction of sp³-hybridized carbons (Fsp3) is 0.630. The number of H-pyrrole nitrogens is 1. The summed E-state index contributed by atoms with van der Waals surface area (Å²) >= 11 is 0. The normalized spacial score (nSPS) is 17.5. The molecule has 0 unspecified atom stereocenters. The molecule has 6 atom stereocenters. The van der Waals surface area contributed by atoms with Gasteiger partial charge in [-0.05, 0) is 32.1 Å². The van der Waals surface area contributed by atoms with Crippen LogP contribution in [0.5, 0.6) is 0 Å². The Morgan fingerprint density at radius 3 is 2.17 bits per heavy atom. The number of carboxylic acid groups (broad SMARTS) is 3. The first kappa shape index (κ1) is 40.3. The number of imidazole rings is 1. The monoisotopic (exact) mass is 679 g/mol. The molecule has 0 aromatic carbocycles. The van der Waals surface area contributed by atoms with Crippen LogP contribution in [0.4, 0.5) is 13.2 Å². The molecule has 1 aliphatic heterocycles. The molecule has 2 heterocycles. The number of carbonyl (C=O) groups excluding carboxylic acids is 4. The number of nitrogens with one attached hydrogen (secondary N) is 4. The fourth-order valence-corrected chi connectivity index (χ4v) is 4.30. The third-order valence-corrected chi connectivity index (χ3v) is 7.20. The largest absolute Gasteiger partial charge is 0.490 e. The predicted molar refractivity (Wildman–Crippen MR) is 154 cm³/mol. The van der Waals surface area contributed by atoms with Crippen LogP contribution in [-0.2, 0) is 40.0 Å². The quantitative estimate of drug-likeness (QED) is 0.115. The van der Waals surface area contributed by atoms with Crippen LogP contribution >= 0.6 is 0 Å². The Morgan fingerprint density at radius 2 is 1.68 bits per heavy atom. The summed E-state index contributed by atoms with van der Waals surface area (Å²) in [5.41, 5.74) is 6.35. The van der Waals surface area contributed by atoms with Crippen LogP contribution < -0.4 is 21.7 Å². The van der Waals surface area contributed by atoms with Gasteiger partial charge in [0.1, 0.15) is 24.2 Å². The van der Waals surface area contributed by atoms with E-state index in [0.29, 0.717) is 25.0 Å². The standard InChI is InChI=1S/C25H39N7O8.C2HF3O2/c1-4-13(2)20(24(38)32-9-5-6-18(32)23(37)29-14(3)25(39)40)31-22(36)17(10-15-11-27-12-28-15)30-21(35)16(26)7-8-19(33)34;3-2(4,5)1(6)7/h11-14,16-18,20H,4-10,26H2,1-3H3,(H,27,28)(H,29,37)(H,30,35)(H,31,36)(H,33,34)(H,39,40);(H,6,7)/t13-,14-,16-,17-,18-,20-;/m0./s1. The molecule has 47 heavy (non-hydrogen) atoms. The van der Waals surface area contributed by atoms with Crippen molar-refractivity contribution in [3.8, 4) is 0 Å². The molecule has 0 saturated carbocycles. The van der Waals surface area contributed by atoms with Crippen LogP contribution in [0.25, 0.3) is 0 Å². The molecule has 1 saturated heterocycles. The number of aliphatic carboxylic acids is 3. The van der Waals surface area contributed by atoms with Gasteiger partial charge in [0.2, 0.25) is 23.6 Å². The number of amides is 4. The first-order chi connectivity index (χ1) is 21.8. The van der Waals surface area contributed by atoms with Crippen LogP contribution in [-0.4, -0.2) is 115 Å². The van der Waals surface area contributed by atoms with Gasteiger partial charge in [0.15, 0.2) is 0 Å². The van der Waals surface area contributed by atoms with E-state index in [1.165, 1.54) is 24.3 Å². The highest BCUT2D eigenvalue weighted by atomic mass is 19.4. The summed E-state index contributed by atoms with van der Waals surface area (Å²) in [6.45, 7) is 5.19. The number of halogens is 3. The minimum absolute atomic E-state index is 0.00748. The van der Waals surface area contributed by atoms with E-state index < -0.39 is 77.9 Å². The van der Waals surface area contributed by atoms with Crippen molar-refractivity contribution in [3.05, 3.63) is 18.2 Å². The van der Waals surface area contributed by atoms with Crippen molar-refractivity contribution >= 4 is 41.5 Å². The lowest BCUT2D eigenvalue weighted by molar-refractivity contribution is -0.192. The smallest absolute Gasteiger partial charge is 0.481 e. The highest BCUT2D eigenvalue weighted by Crippen LogP contribution is 2.22. The second kappa shape index (κ2) is 18.4. The van der Waals surface area contributed by atoms with Crippen LogP contribution in [0.1, 0.15) is 58.6 Å². The summed E-state index contributed by atoms with van der Waals surface area (Å²) in [6, 6.07) is -5.39. The van der Waals surface area contributed by atoms with Gasteiger partial charge in [-0.25, -0.2) is 9.78 Å². The van der Waals surface area contributed by atoms with Crippen molar-refractivity contribution in [1.82, 2.24) is 30.8 Å². The number of aromatic nitrogens is 2. The SMILES string of the molecule is CC[C@H](C)[C@H](NC(=O)[C@H](Cc1cnc[nH]1)NC(=O)[C@@H](N)CCC(=O)O)C(=O)N1CCC[C@H]1C(=O)N[C@@H](C)C(=O)O.O=C(O)C(F)(F)F. The van der Waals surface area contributed by atoms with Crippen molar-refractivity contribution in [2.24, 2.45) is 11.7 Å². The number of alkyl halides is 3. The van der Waals surface area contributed by atoms with E-state index in [9.17, 15) is 41.9 Å². The second-order valence-corrected chi connectivity index (χ2v) is 10.8. The first-order valence-electron chi connectivity index (χ1n) is 14.5. The zero-order chi connectivity index (χ0) is 36.1. The lowest BCUT2D eigenvalue weighted by Crippen LogP contribution is -2.60. The van der Waals surface area contributed by atoms with Gasteiger partial charge in [-0.15, -0.1) is 0 Å². The summed E-state index contributed by atoms with van der Waals surface area (Å²) in [5.74, 6) is -7.91. The Kier molecular flexibility index (Phi) is 15.8. The first-order valence-corrected chi connectivity index (χ1v) is 14.5. The number of nitrogens with two attached hydrogens (primary N) is 1. The topological polar surface area (TPSA) is 274 Å². The van der Waals surface area contributed by atoms with Gasteiger partial charge >= 0.3 is 24.1 Å². The van der Waals surface area contributed by atoms with E-state index in [1.54, 1.807) is 6.92 Å². The van der Waals surface area contributed by atoms with Gasteiger partial charge in [-0.2, -0.15) is 13.2 Å². The number of hydrogen-bond acceptors (Lipinski definition) is 9. The van der Waals surface area contributed by atoms with Crippen molar-refractivity contribution < 1.29 is 62.1 Å². The predicted octanol–water partition coefficient (Wildman–Crippen LogP) is -0.626. The zero-order valence-corrected chi connectivity index (χ0v) is 25.9. The molecule has 264 valence electrons. The molecule has 9 N–H and O–H groups in total. The molecule has 2 rings (SSSR count). The number of nitrogens with zero attached hydrogens (tertiary/aromatic N) is 2. The summed E-state index contributed by atoms with van der Waals surface area (Å²) in [7, 11) is 0. The highest BCUT2D eigenvalue weighted by molar-refractivity contribution is 5.96. The summed E-state index contributed by atoms with van der Waals surface area (Å²) in [6.07, 6.45) is -1.29. The van der Waals surface area contributed by atoms with Crippen LogP contribution in [0.3, 0.4) is 0 Å². The fourth-order valence-electron chi connectivity index (χ4n) is 4.30. The average Bonchev–Trinajstić information content (AvgIpc) is 3.69. The zero-order valence-electron chi connectivity index (χ0n) is 25.9. The van der Waals surface area contributed by atoms with E-state index in [4.69, 9.17) is 25.8 Å². The van der Waals surface area contributed by atoms with Gasteiger partial charge in [0, 0.05) is 31.3 Å². The lowest BCUT2D eigenvalue weighted by Gasteiger charge is -2.32. The molecule has 1 fully saturated rings. The van der Waals surface area contributed by atoms with Gasteiger partial charge in [-0.1, -0.05) is 20.3 Å². The minimum Gasteiger partial charge on any atom is -0.481 e. The maximum absolute atomic E-state index is 13.7. The average molecular weight is 680 g/mol. The van der Waals surface area contributed by atoms with Crippen molar-refractivity contribution in [3.63, 3.8) is 0 Å². The number of aromatic amines is 1. The molecular formula is C27H40F3N7O10. The molecule has 0 aliphatic carbocycles. The van der Waals surface area contributed by atoms with Crippen molar-refractivity contribution in [1.29, 1.82) is 0 Å². The Balaban J connectivity index is 0.00000141. The molecule has 1 aromatic rings. The van der Waals surface area contributed by atoms with E-state index in [-0.39, 0.29) is 31.7 Å². The molecule has 0 radical (unpaired) electrons. The Hall–Kier alpha value is -4.75. The van der Waals surface area contributed by atoms with Gasteiger partial charge in [0.25, 0.3) is 0 Å². The number of rotatable bonds is 15. The van der Waals surface area contributed by atoms with Gasteiger partial charge in [0.05, 0.1) is 12.4 Å². The second-order valence-electron chi connectivity index (χ2n) is 10.8. The molecule has 4 amide bonds. The third-order valence-electron chi connectivity index (χ3n) is 7.20. The van der Waals surface area contributed by atoms with Crippen LogP contribution in [0.15, 0.2) is 12.5 Å². The maximum Gasteiger partial charge on any atom is 0.490 e. The Morgan fingerprint density at radius 1 is 1.06 bits per heavy atom. The molecule has 1 aromatic heterocycles. The van der Waals surface area contributed by atoms with Crippen LogP contribution in [0, 0.1) is 5.92 Å². The van der Waals surface area contributed by atoms with E-state index in [0.717, 1.165) is 0 Å². The minimum atomic E-state index is -5.08. The molecular weight excluding hydrogens is 639 g/mol. The van der Waals surface area contributed by atoms with Crippen molar-refractivity contribution in [2.45, 2.75) is 95.7 Å². The van der Waals surface area contributed by atoms with Gasteiger partial charge in [-0.3, -0.25) is 28.8 Å². The van der Waals surface area contributed by atoms with E-state index >= 15 is 0 Å². The number of carboxylic acids is 3. The van der Waals surface area contributed by atoms with Crippen molar-refractivity contribution in [2.75, 3.05) is 6.54 Å². The molecule has 17 nitrogen and oxygen atoms in total. The Bertz CT molecular complexity index is 1260. The number of carbonyl (C=O) groups is 7. The third kappa shape index (κ3) is 13.3. The number of likely N-dealkylation sites (tertiary alicyclic amines) is 1. The molecule has 0 spiro atoms. The molecule has 1 aliphatic rings. The summed E-state index contributed by atoms with van der Waals surface area (Å²) in [5, 5.41) is 32.8. The summed E-state index contributed by atoms with van der Waals surface area (Å²) in [4.78, 5) is 91.6. The van der Waals surface area contributed by atoms with Gasteiger partial charge < -0.3 is 46.9 Å². The maximum atomic E-state index is 13.7. The van der Waals surface area contributed by atoms with E-state index in [2.05, 4.69) is 25.9 Å². The number of hydrogen-bond donors (Lipinski definition) is 8. The highest BCUT2D eigenvalue weighted by Gasteiger charge is 2.41. The van der Waals surface area contributed by atoms with E-state index in [1.807, 2.05) is 6.92 Å².